The zero-order valence-corrected chi connectivity index (χ0v) is 9.82. The SMILES string of the molecule is COc1ccnc(CNCCCN)c1OC. The molecule has 0 spiro atoms. The standard InChI is InChI=1S/C11H19N3O2/c1-15-10-4-7-14-9(11(10)16-2)8-13-6-3-5-12/h4,7,13H,3,5-6,8,12H2,1-2H3. The molecule has 0 saturated carbocycles. The fourth-order valence-electron chi connectivity index (χ4n) is 1.41. The number of nitrogens with one attached hydrogen (secondary N) is 1. The van der Waals surface area contributed by atoms with E-state index in [1.54, 1.807) is 26.5 Å². The monoisotopic (exact) mass is 225 g/mol. The van der Waals surface area contributed by atoms with Gasteiger partial charge in [-0.15, -0.1) is 0 Å². The average Bonchev–Trinajstić information content (AvgIpc) is 2.34. The molecule has 0 aliphatic heterocycles. The summed E-state index contributed by atoms with van der Waals surface area (Å²) in [6.45, 7) is 2.22. The molecule has 0 radical (unpaired) electrons. The Labute approximate surface area is 96.0 Å². The van der Waals surface area contributed by atoms with Crippen molar-refractivity contribution in [3.63, 3.8) is 0 Å². The predicted octanol–water partition coefficient (Wildman–Crippen LogP) is 0.537. The van der Waals surface area contributed by atoms with Crippen LogP contribution in [-0.4, -0.2) is 32.3 Å². The fourth-order valence-corrected chi connectivity index (χ4v) is 1.41. The van der Waals surface area contributed by atoms with E-state index in [2.05, 4.69) is 10.3 Å². The highest BCUT2D eigenvalue weighted by atomic mass is 16.5. The molecule has 0 unspecified atom stereocenters. The summed E-state index contributed by atoms with van der Waals surface area (Å²) >= 11 is 0. The molecule has 0 amide bonds. The molecule has 1 aromatic heterocycles. The summed E-state index contributed by atoms with van der Waals surface area (Å²) in [4.78, 5) is 4.26. The Morgan fingerprint density at radius 2 is 2.19 bits per heavy atom. The van der Waals surface area contributed by atoms with E-state index in [0.717, 1.165) is 18.7 Å². The van der Waals surface area contributed by atoms with Gasteiger partial charge in [-0.25, -0.2) is 0 Å². The normalized spacial score (nSPS) is 10.2. The van der Waals surface area contributed by atoms with Gasteiger partial charge in [-0.3, -0.25) is 4.98 Å². The van der Waals surface area contributed by atoms with Crippen LogP contribution in [0.15, 0.2) is 12.3 Å². The molecule has 0 fully saturated rings. The lowest BCUT2D eigenvalue weighted by Crippen LogP contribution is -2.19. The van der Waals surface area contributed by atoms with Crippen LogP contribution in [0.3, 0.4) is 0 Å². The molecule has 0 aliphatic carbocycles. The largest absolute Gasteiger partial charge is 0.493 e. The molecular formula is C11H19N3O2. The van der Waals surface area contributed by atoms with Crippen molar-refractivity contribution in [1.29, 1.82) is 0 Å². The first-order valence-electron chi connectivity index (χ1n) is 5.30. The summed E-state index contributed by atoms with van der Waals surface area (Å²) in [5, 5.41) is 3.25. The summed E-state index contributed by atoms with van der Waals surface area (Å²) in [7, 11) is 3.23. The van der Waals surface area contributed by atoms with Crippen LogP contribution < -0.4 is 20.5 Å². The summed E-state index contributed by atoms with van der Waals surface area (Å²) in [5.74, 6) is 1.39. The summed E-state index contributed by atoms with van der Waals surface area (Å²) < 4.78 is 10.5. The highest BCUT2D eigenvalue weighted by molar-refractivity contribution is 5.42. The Hall–Kier alpha value is -1.33. The van der Waals surface area contributed by atoms with E-state index in [4.69, 9.17) is 15.2 Å². The number of ether oxygens (including phenoxy) is 2. The Balaban J connectivity index is 2.63. The second kappa shape index (κ2) is 7.03. The van der Waals surface area contributed by atoms with Crippen LogP contribution in [-0.2, 0) is 6.54 Å². The minimum Gasteiger partial charge on any atom is -0.493 e. The van der Waals surface area contributed by atoms with Crippen molar-refractivity contribution in [1.82, 2.24) is 10.3 Å². The maximum atomic E-state index is 5.41. The molecule has 5 nitrogen and oxygen atoms in total. The highest BCUT2D eigenvalue weighted by Crippen LogP contribution is 2.28. The predicted molar refractivity (Wildman–Crippen MR) is 62.7 cm³/mol. The van der Waals surface area contributed by atoms with Crippen molar-refractivity contribution < 1.29 is 9.47 Å². The summed E-state index contributed by atoms with van der Waals surface area (Å²) in [5.41, 5.74) is 6.26. The topological polar surface area (TPSA) is 69.4 Å². The Morgan fingerprint density at radius 3 is 2.81 bits per heavy atom. The molecule has 90 valence electrons. The smallest absolute Gasteiger partial charge is 0.183 e. The second-order valence-corrected chi connectivity index (χ2v) is 3.31. The van der Waals surface area contributed by atoms with Gasteiger partial charge in [0.15, 0.2) is 11.5 Å². The van der Waals surface area contributed by atoms with Gasteiger partial charge in [-0.05, 0) is 19.5 Å². The maximum absolute atomic E-state index is 5.41. The molecule has 1 heterocycles. The number of methoxy groups -OCH3 is 2. The zero-order chi connectivity index (χ0) is 11.8. The minimum atomic E-state index is 0.653. The lowest BCUT2D eigenvalue weighted by Gasteiger charge is -2.11. The van der Waals surface area contributed by atoms with Gasteiger partial charge in [0.05, 0.1) is 19.9 Å². The van der Waals surface area contributed by atoms with E-state index in [9.17, 15) is 0 Å². The van der Waals surface area contributed by atoms with Gasteiger partial charge in [-0.2, -0.15) is 0 Å². The highest BCUT2D eigenvalue weighted by Gasteiger charge is 2.09. The third kappa shape index (κ3) is 3.36. The van der Waals surface area contributed by atoms with Gasteiger partial charge >= 0.3 is 0 Å². The summed E-state index contributed by atoms with van der Waals surface area (Å²) in [6, 6.07) is 1.78. The van der Waals surface area contributed by atoms with Crippen LogP contribution in [0.5, 0.6) is 11.5 Å². The third-order valence-corrected chi connectivity index (χ3v) is 2.22. The van der Waals surface area contributed by atoms with Crippen molar-refractivity contribution in [2.24, 2.45) is 5.73 Å². The molecule has 16 heavy (non-hydrogen) atoms. The van der Waals surface area contributed by atoms with Gasteiger partial charge in [0, 0.05) is 18.8 Å². The number of nitrogens with two attached hydrogens (primary N) is 1. The van der Waals surface area contributed by atoms with Crippen molar-refractivity contribution in [2.45, 2.75) is 13.0 Å². The maximum Gasteiger partial charge on any atom is 0.183 e. The van der Waals surface area contributed by atoms with Crippen LogP contribution in [0.1, 0.15) is 12.1 Å². The van der Waals surface area contributed by atoms with E-state index >= 15 is 0 Å². The molecular weight excluding hydrogens is 206 g/mol. The summed E-state index contributed by atoms with van der Waals surface area (Å²) in [6.07, 6.45) is 2.66. The molecule has 1 rings (SSSR count). The van der Waals surface area contributed by atoms with Crippen molar-refractivity contribution in [3.8, 4) is 11.5 Å². The molecule has 0 bridgehead atoms. The molecule has 0 aromatic carbocycles. The van der Waals surface area contributed by atoms with Crippen LogP contribution in [0.2, 0.25) is 0 Å². The van der Waals surface area contributed by atoms with Gasteiger partial charge in [-0.1, -0.05) is 0 Å². The first-order valence-corrected chi connectivity index (χ1v) is 5.30. The Bertz CT molecular complexity index is 318. The number of rotatable bonds is 7. The number of pyridine rings is 1. The number of hydrogen-bond acceptors (Lipinski definition) is 5. The van der Waals surface area contributed by atoms with Crippen LogP contribution >= 0.6 is 0 Å². The van der Waals surface area contributed by atoms with Crippen molar-refractivity contribution >= 4 is 0 Å². The van der Waals surface area contributed by atoms with Gasteiger partial charge < -0.3 is 20.5 Å². The van der Waals surface area contributed by atoms with E-state index in [1.807, 2.05) is 0 Å². The average molecular weight is 225 g/mol. The first-order chi connectivity index (χ1) is 7.83. The molecule has 5 heteroatoms. The zero-order valence-electron chi connectivity index (χ0n) is 9.82. The third-order valence-electron chi connectivity index (χ3n) is 2.22. The number of hydrogen-bond donors (Lipinski definition) is 2. The molecule has 0 atom stereocenters. The quantitative estimate of drug-likeness (QED) is 0.663. The van der Waals surface area contributed by atoms with Crippen LogP contribution in [0.4, 0.5) is 0 Å². The van der Waals surface area contributed by atoms with Crippen molar-refractivity contribution in [2.75, 3.05) is 27.3 Å². The minimum absolute atomic E-state index is 0.653. The second-order valence-electron chi connectivity index (χ2n) is 3.31. The Kier molecular flexibility index (Phi) is 5.60. The molecule has 1 aromatic rings. The van der Waals surface area contributed by atoms with Gasteiger partial charge in [0.2, 0.25) is 0 Å². The molecule has 0 aliphatic rings. The van der Waals surface area contributed by atoms with Crippen molar-refractivity contribution in [3.05, 3.63) is 18.0 Å². The van der Waals surface area contributed by atoms with E-state index < -0.39 is 0 Å². The van der Waals surface area contributed by atoms with E-state index in [0.29, 0.717) is 24.6 Å². The first kappa shape index (κ1) is 12.7. The van der Waals surface area contributed by atoms with Gasteiger partial charge in [0.25, 0.3) is 0 Å². The van der Waals surface area contributed by atoms with Crippen LogP contribution in [0, 0.1) is 0 Å². The number of aromatic nitrogens is 1. The number of nitrogens with zero attached hydrogens (tertiary/aromatic N) is 1. The van der Waals surface area contributed by atoms with Gasteiger partial charge in [0.1, 0.15) is 0 Å². The molecule has 3 N–H and O–H groups in total. The van der Waals surface area contributed by atoms with Crippen LogP contribution in [0.25, 0.3) is 0 Å². The fraction of sp³-hybridized carbons (Fsp3) is 0.545. The van der Waals surface area contributed by atoms with E-state index in [1.165, 1.54) is 0 Å². The lowest BCUT2D eigenvalue weighted by molar-refractivity contribution is 0.348. The Morgan fingerprint density at radius 1 is 1.38 bits per heavy atom. The molecule has 0 saturated heterocycles. The van der Waals surface area contributed by atoms with E-state index in [-0.39, 0.29) is 0 Å². The lowest BCUT2D eigenvalue weighted by atomic mass is 10.3.